The average molecular weight is 437 g/mol. The van der Waals surface area contributed by atoms with Gasteiger partial charge in [-0.3, -0.25) is 4.79 Å². The van der Waals surface area contributed by atoms with Gasteiger partial charge in [0, 0.05) is 25.0 Å². The van der Waals surface area contributed by atoms with Gasteiger partial charge in [0.25, 0.3) is 0 Å². The van der Waals surface area contributed by atoms with Crippen molar-refractivity contribution in [2.75, 3.05) is 20.6 Å². The van der Waals surface area contributed by atoms with Crippen molar-refractivity contribution in [3.63, 3.8) is 0 Å². The summed E-state index contributed by atoms with van der Waals surface area (Å²) in [6.07, 6.45) is 2.33. The molecule has 1 fully saturated rings. The molecule has 1 saturated carbocycles. The van der Waals surface area contributed by atoms with Crippen LogP contribution in [0, 0.1) is 13.8 Å². The van der Waals surface area contributed by atoms with Crippen molar-refractivity contribution < 1.29 is 4.79 Å². The minimum Gasteiger partial charge on any atom is -0.354 e. The van der Waals surface area contributed by atoms with Crippen molar-refractivity contribution in [1.82, 2.24) is 20.5 Å². The third kappa shape index (κ3) is 6.07. The topological polar surface area (TPSA) is 69.6 Å². The predicted octanol–water partition coefficient (Wildman–Crippen LogP) is 1.66. The molecule has 2 N–H and O–H groups in total. The summed E-state index contributed by atoms with van der Waals surface area (Å²) >= 11 is 1.69. The largest absolute Gasteiger partial charge is 0.354 e. The van der Waals surface area contributed by atoms with Gasteiger partial charge in [0.2, 0.25) is 5.91 Å². The van der Waals surface area contributed by atoms with Crippen LogP contribution in [0.4, 0.5) is 0 Å². The Morgan fingerprint density at radius 3 is 2.59 bits per heavy atom. The number of carbonyl (C=O) groups is 1. The molecule has 1 aromatic heterocycles. The number of hydrogen-bond donors (Lipinski definition) is 2. The zero-order chi connectivity index (χ0) is 15.4. The maximum absolute atomic E-state index is 11.6. The number of hydrogen-bond acceptors (Lipinski definition) is 4. The normalized spacial score (nSPS) is 14.3. The van der Waals surface area contributed by atoms with Gasteiger partial charge < -0.3 is 15.5 Å². The second kappa shape index (κ2) is 8.66. The van der Waals surface area contributed by atoms with Crippen LogP contribution in [0.5, 0.6) is 0 Å². The summed E-state index contributed by atoms with van der Waals surface area (Å²) in [5.41, 5.74) is 1.08. The molecule has 1 amide bonds. The van der Waals surface area contributed by atoms with E-state index in [9.17, 15) is 4.79 Å². The summed E-state index contributed by atoms with van der Waals surface area (Å²) in [4.78, 5) is 23.3. The highest BCUT2D eigenvalue weighted by Crippen LogP contribution is 2.19. The van der Waals surface area contributed by atoms with E-state index < -0.39 is 0 Å². The first-order valence-corrected chi connectivity index (χ1v) is 7.95. The number of halogens is 1. The van der Waals surface area contributed by atoms with E-state index in [-0.39, 0.29) is 36.4 Å². The van der Waals surface area contributed by atoms with Gasteiger partial charge in [-0.25, -0.2) is 9.98 Å². The highest BCUT2D eigenvalue weighted by Gasteiger charge is 2.22. The molecule has 0 aliphatic heterocycles. The zero-order valence-electron chi connectivity index (χ0n) is 13.5. The number of likely N-dealkylation sites (N-methyl/N-ethyl adjacent to an activating group) is 1. The molecule has 124 valence electrons. The van der Waals surface area contributed by atoms with Crippen LogP contribution in [0.2, 0.25) is 0 Å². The maximum atomic E-state index is 11.6. The van der Waals surface area contributed by atoms with Crippen molar-refractivity contribution in [2.45, 2.75) is 39.3 Å². The first-order chi connectivity index (χ1) is 9.95. The lowest BCUT2D eigenvalue weighted by Gasteiger charge is -2.12. The summed E-state index contributed by atoms with van der Waals surface area (Å²) in [6, 6.07) is 0.491. The molecular weight excluding hydrogens is 413 g/mol. The van der Waals surface area contributed by atoms with Crippen molar-refractivity contribution in [2.24, 2.45) is 4.99 Å². The lowest BCUT2D eigenvalue weighted by molar-refractivity contribution is -0.127. The Labute approximate surface area is 152 Å². The van der Waals surface area contributed by atoms with E-state index in [1.54, 1.807) is 30.3 Å². The van der Waals surface area contributed by atoms with Crippen LogP contribution < -0.4 is 10.6 Å². The molecule has 0 saturated heterocycles. The van der Waals surface area contributed by atoms with E-state index in [0.717, 1.165) is 23.5 Å². The molecule has 1 aliphatic carbocycles. The number of thiazole rings is 1. The van der Waals surface area contributed by atoms with E-state index in [2.05, 4.69) is 27.5 Å². The van der Waals surface area contributed by atoms with Gasteiger partial charge in [-0.05, 0) is 26.7 Å². The highest BCUT2D eigenvalue weighted by molar-refractivity contribution is 14.0. The number of nitrogens with one attached hydrogen (secondary N) is 2. The van der Waals surface area contributed by atoms with Crippen LogP contribution in [0.15, 0.2) is 4.99 Å². The number of aryl methyl sites for hydroxylation is 2. The lowest BCUT2D eigenvalue weighted by Crippen LogP contribution is -2.39. The molecule has 8 heteroatoms. The Hall–Kier alpha value is -0.900. The summed E-state index contributed by atoms with van der Waals surface area (Å²) in [6.45, 7) is 4.88. The average Bonchev–Trinajstić information content (AvgIpc) is 3.18. The Balaban J connectivity index is 0.00000242. The SMILES string of the molecule is Cc1nc(CNC(=NCC(=O)N(C)C)NC2CC2)sc1C.I. The molecule has 1 aliphatic rings. The molecule has 1 aromatic rings. The minimum absolute atomic E-state index is 0. The first kappa shape index (κ1) is 19.1. The number of aromatic nitrogens is 1. The Kier molecular flexibility index (Phi) is 7.54. The van der Waals surface area contributed by atoms with Gasteiger partial charge in [0.05, 0.1) is 12.2 Å². The monoisotopic (exact) mass is 437 g/mol. The predicted molar refractivity (Wildman–Crippen MR) is 101 cm³/mol. The van der Waals surface area contributed by atoms with E-state index in [0.29, 0.717) is 18.5 Å². The van der Waals surface area contributed by atoms with Crippen LogP contribution >= 0.6 is 35.3 Å². The highest BCUT2D eigenvalue weighted by atomic mass is 127. The minimum atomic E-state index is -0.00663. The fraction of sp³-hybridized carbons (Fsp3) is 0.643. The molecule has 0 bridgehead atoms. The maximum Gasteiger partial charge on any atom is 0.243 e. The third-order valence-electron chi connectivity index (χ3n) is 3.27. The smallest absolute Gasteiger partial charge is 0.243 e. The van der Waals surface area contributed by atoms with E-state index in [4.69, 9.17) is 0 Å². The summed E-state index contributed by atoms with van der Waals surface area (Å²) in [7, 11) is 3.47. The van der Waals surface area contributed by atoms with E-state index in [1.807, 2.05) is 6.92 Å². The van der Waals surface area contributed by atoms with Crippen molar-refractivity contribution in [1.29, 1.82) is 0 Å². The molecule has 22 heavy (non-hydrogen) atoms. The van der Waals surface area contributed by atoms with Crippen LogP contribution in [0.3, 0.4) is 0 Å². The van der Waals surface area contributed by atoms with Gasteiger partial charge in [-0.2, -0.15) is 0 Å². The van der Waals surface area contributed by atoms with Crippen LogP contribution in [-0.4, -0.2) is 48.4 Å². The molecule has 0 spiro atoms. The Morgan fingerprint density at radius 2 is 2.09 bits per heavy atom. The van der Waals surface area contributed by atoms with Gasteiger partial charge in [0.15, 0.2) is 5.96 Å². The number of carbonyl (C=O) groups excluding carboxylic acids is 1. The second-order valence-electron chi connectivity index (χ2n) is 5.47. The number of aliphatic imine (C=N–C) groups is 1. The number of nitrogens with zero attached hydrogens (tertiary/aromatic N) is 3. The molecule has 2 rings (SSSR count). The number of rotatable bonds is 5. The second-order valence-corrected chi connectivity index (χ2v) is 6.76. The summed E-state index contributed by atoms with van der Waals surface area (Å²) in [5, 5.41) is 7.62. The summed E-state index contributed by atoms with van der Waals surface area (Å²) < 4.78 is 0. The van der Waals surface area contributed by atoms with Crippen LogP contribution in [0.25, 0.3) is 0 Å². The van der Waals surface area contributed by atoms with Crippen LogP contribution in [-0.2, 0) is 11.3 Å². The third-order valence-corrected chi connectivity index (χ3v) is 4.34. The number of amides is 1. The molecule has 0 aromatic carbocycles. The molecule has 1 heterocycles. The fourth-order valence-electron chi connectivity index (χ4n) is 1.64. The van der Waals surface area contributed by atoms with Crippen molar-refractivity contribution >= 4 is 47.2 Å². The molecule has 6 nitrogen and oxygen atoms in total. The van der Waals surface area contributed by atoms with Gasteiger partial charge in [-0.15, -0.1) is 35.3 Å². The van der Waals surface area contributed by atoms with E-state index in [1.165, 1.54) is 4.88 Å². The zero-order valence-corrected chi connectivity index (χ0v) is 16.6. The van der Waals surface area contributed by atoms with Crippen molar-refractivity contribution in [3.05, 3.63) is 15.6 Å². The van der Waals surface area contributed by atoms with Crippen LogP contribution in [0.1, 0.15) is 28.4 Å². The molecule has 0 radical (unpaired) electrons. The fourth-order valence-corrected chi connectivity index (χ4v) is 2.51. The quantitative estimate of drug-likeness (QED) is 0.418. The standard InChI is InChI=1S/C14H23N5OS.HI/c1-9-10(2)21-12(17-9)7-15-14(18-11-5-6-11)16-8-13(20)19(3)4;/h11H,5-8H2,1-4H3,(H2,15,16,18);1H. The first-order valence-electron chi connectivity index (χ1n) is 7.13. The molecular formula is C14H24IN5OS. The lowest BCUT2D eigenvalue weighted by atomic mass is 10.4. The Morgan fingerprint density at radius 1 is 1.41 bits per heavy atom. The molecule has 0 unspecified atom stereocenters. The van der Waals surface area contributed by atoms with Gasteiger partial charge >= 0.3 is 0 Å². The van der Waals surface area contributed by atoms with E-state index >= 15 is 0 Å². The Bertz CT molecular complexity index is 520. The summed E-state index contributed by atoms with van der Waals surface area (Å²) in [5.74, 6) is 0.686. The van der Waals surface area contributed by atoms with Gasteiger partial charge in [0.1, 0.15) is 11.6 Å². The molecule has 0 atom stereocenters. The van der Waals surface area contributed by atoms with Gasteiger partial charge in [-0.1, -0.05) is 0 Å². The van der Waals surface area contributed by atoms with Crippen molar-refractivity contribution in [3.8, 4) is 0 Å². The number of guanidine groups is 1.